The quantitative estimate of drug-likeness (QED) is 0.282. The first-order valence-corrected chi connectivity index (χ1v) is 11.7. The van der Waals surface area contributed by atoms with Crippen LogP contribution in [0.3, 0.4) is 0 Å². The van der Waals surface area contributed by atoms with Gasteiger partial charge in [0.25, 0.3) is 0 Å². The van der Waals surface area contributed by atoms with Crippen molar-refractivity contribution >= 4 is 34.1 Å². The molecule has 3 aromatic carbocycles. The van der Waals surface area contributed by atoms with Crippen molar-refractivity contribution in [2.75, 3.05) is 0 Å². The van der Waals surface area contributed by atoms with Gasteiger partial charge in [-0.3, -0.25) is 4.68 Å². The number of aryl methyl sites for hydroxylation is 2. The van der Waals surface area contributed by atoms with Crippen molar-refractivity contribution in [3.63, 3.8) is 0 Å². The van der Waals surface area contributed by atoms with Crippen LogP contribution in [0.2, 0.25) is 10.2 Å². The number of rotatable bonds is 4. The second-order valence-electron chi connectivity index (χ2n) is 8.44. The molecule has 0 saturated carbocycles. The van der Waals surface area contributed by atoms with Crippen LogP contribution < -0.4 is 0 Å². The molecule has 6 heteroatoms. The molecule has 0 aliphatic rings. The second kappa shape index (κ2) is 8.55. The number of hydrogen-bond acceptors (Lipinski definition) is 3. The molecule has 34 heavy (non-hydrogen) atoms. The summed E-state index contributed by atoms with van der Waals surface area (Å²) in [5.41, 5.74) is 4.60. The molecule has 4 nitrogen and oxygen atoms in total. The fourth-order valence-electron chi connectivity index (χ4n) is 4.70. The molecular weight excluding hydrogens is 465 g/mol. The molecule has 0 spiro atoms. The highest BCUT2D eigenvalue weighted by Crippen LogP contribution is 2.43. The molecule has 1 unspecified atom stereocenters. The van der Waals surface area contributed by atoms with Crippen LogP contribution in [0.1, 0.15) is 28.1 Å². The Morgan fingerprint density at radius 3 is 2.12 bits per heavy atom. The van der Waals surface area contributed by atoms with E-state index in [1.54, 1.807) is 4.68 Å². The van der Waals surface area contributed by atoms with Gasteiger partial charge in [0, 0.05) is 29.3 Å². The maximum Gasteiger partial charge on any atom is 0.144 e. The molecule has 5 aromatic rings. The standard InChI is InChI=1S/C28H23Cl2N3O/c1-17-25(18(2)33(3)32-17)28(34,20-12-8-5-9-13-20)21-14-15-23-22(16-21)26(29)24(27(30)31-23)19-10-6-4-7-11-19/h4-16,34H,1-3H3. The molecule has 2 aromatic heterocycles. The number of nitrogens with zero attached hydrogens (tertiary/aromatic N) is 3. The Bertz CT molecular complexity index is 1510. The number of aliphatic hydroxyl groups is 1. The van der Waals surface area contributed by atoms with E-state index < -0.39 is 5.60 Å². The van der Waals surface area contributed by atoms with Gasteiger partial charge in [-0.1, -0.05) is 89.9 Å². The highest BCUT2D eigenvalue weighted by atomic mass is 35.5. The Morgan fingerprint density at radius 2 is 1.50 bits per heavy atom. The zero-order valence-corrected chi connectivity index (χ0v) is 20.6. The SMILES string of the molecule is Cc1nn(C)c(C)c1C(O)(c1ccccc1)c1ccc2nc(Cl)c(-c3ccccc3)c(Cl)c2c1. The Kier molecular flexibility index (Phi) is 5.68. The third-order valence-electron chi connectivity index (χ3n) is 6.42. The predicted molar refractivity (Wildman–Crippen MR) is 138 cm³/mol. The molecule has 0 saturated heterocycles. The van der Waals surface area contributed by atoms with Crippen molar-refractivity contribution in [1.29, 1.82) is 0 Å². The monoisotopic (exact) mass is 487 g/mol. The molecule has 0 amide bonds. The fraction of sp³-hybridized carbons (Fsp3) is 0.143. The predicted octanol–water partition coefficient (Wildman–Crippen LogP) is 6.84. The Morgan fingerprint density at radius 1 is 0.853 bits per heavy atom. The highest BCUT2D eigenvalue weighted by Gasteiger charge is 2.39. The lowest BCUT2D eigenvalue weighted by molar-refractivity contribution is 0.124. The first kappa shape index (κ1) is 22.6. The molecule has 1 N–H and O–H groups in total. The van der Waals surface area contributed by atoms with E-state index in [0.29, 0.717) is 26.8 Å². The van der Waals surface area contributed by atoms with Crippen LogP contribution in [0.25, 0.3) is 22.0 Å². The Labute approximate surface area is 208 Å². The van der Waals surface area contributed by atoms with Gasteiger partial charge in [-0.2, -0.15) is 5.10 Å². The van der Waals surface area contributed by atoms with Gasteiger partial charge in [0.15, 0.2) is 0 Å². The van der Waals surface area contributed by atoms with Gasteiger partial charge >= 0.3 is 0 Å². The molecule has 0 bridgehead atoms. The minimum absolute atomic E-state index is 0.341. The maximum absolute atomic E-state index is 12.4. The summed E-state index contributed by atoms with van der Waals surface area (Å²) in [6.07, 6.45) is 0. The lowest BCUT2D eigenvalue weighted by Crippen LogP contribution is -2.30. The molecular formula is C28H23Cl2N3O. The van der Waals surface area contributed by atoms with E-state index in [1.165, 1.54) is 0 Å². The molecule has 0 fully saturated rings. The summed E-state index contributed by atoms with van der Waals surface area (Å²) in [4.78, 5) is 4.60. The van der Waals surface area contributed by atoms with E-state index in [9.17, 15) is 5.11 Å². The van der Waals surface area contributed by atoms with Crippen LogP contribution in [0.5, 0.6) is 0 Å². The van der Waals surface area contributed by atoms with Gasteiger partial charge in [-0.15, -0.1) is 0 Å². The van der Waals surface area contributed by atoms with Crippen LogP contribution in [-0.4, -0.2) is 19.9 Å². The van der Waals surface area contributed by atoms with Gasteiger partial charge in [0.2, 0.25) is 0 Å². The van der Waals surface area contributed by atoms with E-state index in [1.807, 2.05) is 99.8 Å². The minimum Gasteiger partial charge on any atom is -0.376 e. The van der Waals surface area contributed by atoms with Crippen LogP contribution in [-0.2, 0) is 12.6 Å². The highest BCUT2D eigenvalue weighted by molar-refractivity contribution is 6.42. The number of fused-ring (bicyclic) bond motifs is 1. The van der Waals surface area contributed by atoms with Gasteiger partial charge in [-0.25, -0.2) is 4.98 Å². The summed E-state index contributed by atoms with van der Waals surface area (Å²) in [7, 11) is 1.88. The van der Waals surface area contributed by atoms with E-state index in [4.69, 9.17) is 23.2 Å². The van der Waals surface area contributed by atoms with Crippen molar-refractivity contribution in [1.82, 2.24) is 14.8 Å². The van der Waals surface area contributed by atoms with Crippen molar-refractivity contribution in [2.24, 2.45) is 7.05 Å². The molecule has 170 valence electrons. The largest absolute Gasteiger partial charge is 0.376 e. The van der Waals surface area contributed by atoms with Crippen molar-refractivity contribution < 1.29 is 5.11 Å². The Balaban J connectivity index is 1.82. The van der Waals surface area contributed by atoms with Crippen LogP contribution in [0, 0.1) is 13.8 Å². The van der Waals surface area contributed by atoms with Crippen LogP contribution in [0.15, 0.2) is 78.9 Å². The molecule has 1 atom stereocenters. The lowest BCUT2D eigenvalue weighted by atomic mass is 9.79. The number of benzene rings is 3. The van der Waals surface area contributed by atoms with Crippen LogP contribution >= 0.6 is 23.2 Å². The maximum atomic E-state index is 12.4. The van der Waals surface area contributed by atoms with Crippen LogP contribution in [0.4, 0.5) is 0 Å². The summed E-state index contributed by atoms with van der Waals surface area (Å²) in [6, 6.07) is 25.0. The van der Waals surface area contributed by atoms with Crippen molar-refractivity contribution in [3.05, 3.63) is 117 Å². The second-order valence-corrected chi connectivity index (χ2v) is 9.17. The van der Waals surface area contributed by atoms with E-state index >= 15 is 0 Å². The van der Waals surface area contributed by atoms with Crippen molar-refractivity contribution in [2.45, 2.75) is 19.4 Å². The third kappa shape index (κ3) is 3.50. The zero-order valence-electron chi connectivity index (χ0n) is 19.1. The summed E-state index contributed by atoms with van der Waals surface area (Å²) in [6.45, 7) is 3.88. The number of halogens is 2. The van der Waals surface area contributed by atoms with Crippen molar-refractivity contribution in [3.8, 4) is 11.1 Å². The lowest BCUT2D eigenvalue weighted by Gasteiger charge is -2.31. The molecule has 0 radical (unpaired) electrons. The van der Waals surface area contributed by atoms with E-state index in [0.717, 1.165) is 33.5 Å². The van der Waals surface area contributed by atoms with Gasteiger partial charge in [-0.05, 0) is 42.7 Å². The first-order valence-electron chi connectivity index (χ1n) is 11.0. The average molecular weight is 488 g/mol. The molecule has 2 heterocycles. The summed E-state index contributed by atoms with van der Waals surface area (Å²) < 4.78 is 1.79. The summed E-state index contributed by atoms with van der Waals surface area (Å²) >= 11 is 13.5. The smallest absolute Gasteiger partial charge is 0.144 e. The number of aromatic nitrogens is 3. The average Bonchev–Trinajstić information content (AvgIpc) is 3.11. The fourth-order valence-corrected chi connectivity index (χ4v) is 5.40. The molecule has 5 rings (SSSR count). The normalized spacial score (nSPS) is 13.2. The molecule has 0 aliphatic carbocycles. The van der Waals surface area contributed by atoms with E-state index in [2.05, 4.69) is 10.1 Å². The summed E-state index contributed by atoms with van der Waals surface area (Å²) in [5, 5.41) is 18.6. The van der Waals surface area contributed by atoms with Gasteiger partial charge < -0.3 is 5.11 Å². The van der Waals surface area contributed by atoms with Gasteiger partial charge in [0.1, 0.15) is 10.8 Å². The van der Waals surface area contributed by atoms with Gasteiger partial charge in [0.05, 0.1) is 16.2 Å². The summed E-state index contributed by atoms with van der Waals surface area (Å²) in [5.74, 6) is 0. The third-order valence-corrected chi connectivity index (χ3v) is 7.09. The topological polar surface area (TPSA) is 50.9 Å². The number of pyridine rings is 1. The van der Waals surface area contributed by atoms with E-state index in [-0.39, 0.29) is 0 Å². The molecule has 0 aliphatic heterocycles. The Hall–Kier alpha value is -3.18. The number of hydrogen-bond donors (Lipinski definition) is 1. The minimum atomic E-state index is -1.44. The first-order chi connectivity index (χ1) is 16.3. The zero-order chi connectivity index (χ0) is 24.0.